The third-order valence-corrected chi connectivity index (χ3v) is 2.01. The number of nitrogens with zero attached hydrogens (tertiary/aromatic N) is 1. The molecule has 1 radical (unpaired) electrons. The standard InChI is InChI=1S/C12H14NO/c1-3-4-5-12(13)10-6-8-11(14-2)9-7-10/h3,6-9H,1,4-5H2,2H3. The Morgan fingerprint density at radius 3 is 2.57 bits per heavy atom. The van der Waals surface area contributed by atoms with Gasteiger partial charge in [0.1, 0.15) is 5.75 Å². The zero-order chi connectivity index (χ0) is 10.4. The number of hydrogen-bond acceptors (Lipinski definition) is 1. The maximum atomic E-state index is 9.64. The quantitative estimate of drug-likeness (QED) is 0.515. The van der Waals surface area contributed by atoms with E-state index in [4.69, 9.17) is 4.74 Å². The van der Waals surface area contributed by atoms with Crippen molar-refractivity contribution in [3.05, 3.63) is 42.5 Å². The van der Waals surface area contributed by atoms with Crippen LogP contribution in [0.5, 0.6) is 5.75 Å². The molecule has 0 spiro atoms. The van der Waals surface area contributed by atoms with Crippen LogP contribution in [0.1, 0.15) is 18.4 Å². The van der Waals surface area contributed by atoms with E-state index in [1.807, 2.05) is 24.3 Å². The van der Waals surface area contributed by atoms with Crippen LogP contribution in [0, 0.1) is 0 Å². The molecule has 0 aliphatic heterocycles. The molecule has 1 aromatic rings. The summed E-state index contributed by atoms with van der Waals surface area (Å²) in [7, 11) is 1.62. The van der Waals surface area contributed by atoms with Crippen molar-refractivity contribution in [3.63, 3.8) is 0 Å². The number of methoxy groups -OCH3 is 1. The molecule has 0 aliphatic carbocycles. The van der Waals surface area contributed by atoms with E-state index in [1.165, 1.54) is 0 Å². The molecule has 1 aromatic carbocycles. The first kappa shape index (κ1) is 10.5. The van der Waals surface area contributed by atoms with E-state index < -0.39 is 0 Å². The van der Waals surface area contributed by atoms with Gasteiger partial charge in [-0.25, -0.2) is 0 Å². The van der Waals surface area contributed by atoms with E-state index in [0.29, 0.717) is 12.1 Å². The average Bonchev–Trinajstić information content (AvgIpc) is 2.26. The van der Waals surface area contributed by atoms with E-state index in [9.17, 15) is 5.41 Å². The second-order valence-corrected chi connectivity index (χ2v) is 3.00. The van der Waals surface area contributed by atoms with Crippen LogP contribution in [-0.4, -0.2) is 12.8 Å². The van der Waals surface area contributed by atoms with E-state index in [-0.39, 0.29) is 0 Å². The SMILES string of the molecule is C=CCCC(=[N])c1ccc(OC)cc1. The fourth-order valence-corrected chi connectivity index (χ4v) is 1.17. The summed E-state index contributed by atoms with van der Waals surface area (Å²) in [6.07, 6.45) is 3.22. The highest BCUT2D eigenvalue weighted by molar-refractivity contribution is 5.99. The summed E-state index contributed by atoms with van der Waals surface area (Å²) in [4.78, 5) is 0. The van der Waals surface area contributed by atoms with Crippen LogP contribution < -0.4 is 10.1 Å². The largest absolute Gasteiger partial charge is 0.497 e. The van der Waals surface area contributed by atoms with Gasteiger partial charge in [-0.3, -0.25) is 0 Å². The summed E-state index contributed by atoms with van der Waals surface area (Å²) >= 11 is 0. The summed E-state index contributed by atoms with van der Waals surface area (Å²) in [6.45, 7) is 3.61. The minimum Gasteiger partial charge on any atom is -0.497 e. The molecule has 0 saturated heterocycles. The zero-order valence-corrected chi connectivity index (χ0v) is 8.36. The fraction of sp³-hybridized carbons (Fsp3) is 0.250. The van der Waals surface area contributed by atoms with Crippen molar-refractivity contribution < 1.29 is 4.74 Å². The zero-order valence-electron chi connectivity index (χ0n) is 8.36. The summed E-state index contributed by atoms with van der Waals surface area (Å²) in [5.74, 6) is 0.797. The highest BCUT2D eigenvalue weighted by Gasteiger charge is 2.01. The maximum absolute atomic E-state index is 9.64. The van der Waals surface area contributed by atoms with Crippen molar-refractivity contribution in [2.24, 2.45) is 0 Å². The van der Waals surface area contributed by atoms with Crippen molar-refractivity contribution in [1.82, 2.24) is 5.41 Å². The van der Waals surface area contributed by atoms with E-state index in [0.717, 1.165) is 17.7 Å². The van der Waals surface area contributed by atoms with Crippen molar-refractivity contribution in [3.8, 4) is 5.75 Å². The Morgan fingerprint density at radius 1 is 1.43 bits per heavy atom. The first-order valence-electron chi connectivity index (χ1n) is 4.58. The summed E-state index contributed by atoms with van der Waals surface area (Å²) in [6, 6.07) is 7.35. The molecule has 1 rings (SSSR count). The Hall–Kier alpha value is -1.57. The van der Waals surface area contributed by atoms with Crippen LogP contribution in [-0.2, 0) is 0 Å². The number of rotatable bonds is 5. The van der Waals surface area contributed by atoms with Gasteiger partial charge in [0, 0.05) is 0 Å². The van der Waals surface area contributed by atoms with Gasteiger partial charge in [0.25, 0.3) is 0 Å². The summed E-state index contributed by atoms with van der Waals surface area (Å²) < 4.78 is 5.02. The lowest BCUT2D eigenvalue weighted by atomic mass is 10.1. The second-order valence-electron chi connectivity index (χ2n) is 3.00. The Labute approximate surface area is 84.7 Å². The van der Waals surface area contributed by atoms with Crippen molar-refractivity contribution in [2.75, 3.05) is 7.11 Å². The van der Waals surface area contributed by atoms with Gasteiger partial charge in [-0.2, -0.15) is 5.41 Å². The number of ether oxygens (including phenoxy) is 1. The molecule has 0 aliphatic rings. The van der Waals surface area contributed by atoms with Crippen molar-refractivity contribution in [2.45, 2.75) is 12.8 Å². The fourth-order valence-electron chi connectivity index (χ4n) is 1.17. The lowest BCUT2D eigenvalue weighted by molar-refractivity contribution is 0.415. The maximum Gasteiger partial charge on any atom is 0.118 e. The van der Waals surface area contributed by atoms with Gasteiger partial charge in [0.15, 0.2) is 0 Å². The number of hydrogen-bond donors (Lipinski definition) is 0. The molecule has 0 amide bonds. The topological polar surface area (TPSA) is 31.5 Å². The third kappa shape index (κ3) is 2.73. The Balaban J connectivity index is 2.66. The Kier molecular flexibility index (Phi) is 3.92. The normalized spacial score (nSPS) is 9.50. The summed E-state index contributed by atoms with van der Waals surface area (Å²) in [5.41, 5.74) is 1.24. The second kappa shape index (κ2) is 5.22. The highest BCUT2D eigenvalue weighted by Crippen LogP contribution is 2.12. The smallest absolute Gasteiger partial charge is 0.118 e. The van der Waals surface area contributed by atoms with Crippen LogP contribution in [0.2, 0.25) is 0 Å². The molecule has 73 valence electrons. The van der Waals surface area contributed by atoms with Crippen molar-refractivity contribution >= 4 is 5.71 Å². The van der Waals surface area contributed by atoms with E-state index >= 15 is 0 Å². The lowest BCUT2D eigenvalue weighted by Gasteiger charge is -2.02. The molecule has 0 atom stereocenters. The van der Waals surface area contributed by atoms with Crippen LogP contribution in [0.4, 0.5) is 0 Å². The molecule has 0 aromatic heterocycles. The molecular formula is C12H14NO. The number of benzene rings is 1. The molecular weight excluding hydrogens is 174 g/mol. The van der Waals surface area contributed by atoms with Crippen LogP contribution in [0.3, 0.4) is 0 Å². The summed E-state index contributed by atoms with van der Waals surface area (Å²) in [5, 5.41) is 9.64. The molecule has 14 heavy (non-hydrogen) atoms. The highest BCUT2D eigenvalue weighted by atomic mass is 16.5. The van der Waals surface area contributed by atoms with Crippen molar-refractivity contribution in [1.29, 1.82) is 0 Å². The molecule has 0 unspecified atom stereocenters. The molecule has 2 heteroatoms. The average molecular weight is 188 g/mol. The van der Waals surface area contributed by atoms with Crippen LogP contribution >= 0.6 is 0 Å². The molecule has 0 fully saturated rings. The Bertz CT molecular complexity index is 314. The van der Waals surface area contributed by atoms with Gasteiger partial charge < -0.3 is 4.74 Å². The minimum atomic E-state index is 0.396. The number of allylic oxidation sites excluding steroid dienone is 1. The predicted octanol–water partition coefficient (Wildman–Crippen LogP) is 2.25. The minimum absolute atomic E-state index is 0.396. The Morgan fingerprint density at radius 2 is 2.07 bits per heavy atom. The van der Waals surface area contributed by atoms with Gasteiger partial charge in [-0.05, 0) is 42.7 Å². The molecule has 0 saturated carbocycles. The van der Waals surface area contributed by atoms with E-state index in [2.05, 4.69) is 6.58 Å². The van der Waals surface area contributed by atoms with Gasteiger partial charge >= 0.3 is 0 Å². The molecule has 0 heterocycles. The predicted molar refractivity (Wildman–Crippen MR) is 58.7 cm³/mol. The van der Waals surface area contributed by atoms with Gasteiger partial charge in [0.2, 0.25) is 0 Å². The molecule has 0 bridgehead atoms. The third-order valence-electron chi connectivity index (χ3n) is 2.01. The lowest BCUT2D eigenvalue weighted by Crippen LogP contribution is -2.00. The first-order chi connectivity index (χ1) is 6.77. The van der Waals surface area contributed by atoms with Crippen LogP contribution in [0.25, 0.3) is 0 Å². The van der Waals surface area contributed by atoms with Crippen LogP contribution in [0.15, 0.2) is 36.9 Å². The monoisotopic (exact) mass is 188 g/mol. The first-order valence-corrected chi connectivity index (χ1v) is 4.58. The van der Waals surface area contributed by atoms with E-state index in [1.54, 1.807) is 13.2 Å². The van der Waals surface area contributed by atoms with Gasteiger partial charge in [-0.15, -0.1) is 6.58 Å². The van der Waals surface area contributed by atoms with Gasteiger partial charge in [0.05, 0.1) is 12.8 Å². The molecule has 2 nitrogen and oxygen atoms in total. The van der Waals surface area contributed by atoms with Gasteiger partial charge in [-0.1, -0.05) is 6.08 Å². The molecule has 0 N–H and O–H groups in total.